The number of methoxy groups -OCH3 is 1. The van der Waals surface area contributed by atoms with Crippen molar-refractivity contribution in [3.63, 3.8) is 0 Å². The fourth-order valence-electron chi connectivity index (χ4n) is 2.04. The lowest BCUT2D eigenvalue weighted by atomic mass is 10.1. The smallest absolute Gasteiger partial charge is 0.341 e. The maximum absolute atomic E-state index is 11.5. The summed E-state index contributed by atoms with van der Waals surface area (Å²) in [5.41, 5.74) is 2.51. The molecule has 0 amide bonds. The van der Waals surface area contributed by atoms with Gasteiger partial charge in [0.1, 0.15) is 6.61 Å². The van der Waals surface area contributed by atoms with Gasteiger partial charge in [-0.05, 0) is 18.2 Å². The second-order valence-electron chi connectivity index (χ2n) is 3.81. The van der Waals surface area contributed by atoms with Gasteiger partial charge in [0.15, 0.2) is 0 Å². The molecule has 5 heteroatoms. The predicted molar refractivity (Wildman–Crippen MR) is 58.8 cm³/mol. The molecule has 1 aliphatic rings. The highest BCUT2D eigenvalue weighted by Gasteiger charge is 2.26. The van der Waals surface area contributed by atoms with E-state index in [1.807, 2.05) is 0 Å². The fourth-order valence-corrected chi connectivity index (χ4v) is 2.04. The van der Waals surface area contributed by atoms with Gasteiger partial charge in [-0.1, -0.05) is 0 Å². The first kappa shape index (κ1) is 9.89. The first-order chi connectivity index (χ1) is 8.20. The van der Waals surface area contributed by atoms with E-state index in [1.165, 1.54) is 7.11 Å². The monoisotopic (exact) mass is 231 g/mol. The zero-order chi connectivity index (χ0) is 12.0. The number of H-pyrrole nitrogens is 1. The Hall–Kier alpha value is -2.30. The topological polar surface area (TPSA) is 68.4 Å². The van der Waals surface area contributed by atoms with E-state index in [0.717, 1.165) is 11.2 Å². The van der Waals surface area contributed by atoms with Crippen LogP contribution in [0.4, 0.5) is 0 Å². The summed E-state index contributed by atoms with van der Waals surface area (Å²) < 4.78 is 9.55. The van der Waals surface area contributed by atoms with Crippen molar-refractivity contribution in [2.75, 3.05) is 7.11 Å². The highest BCUT2D eigenvalue weighted by molar-refractivity contribution is 6.08. The zero-order valence-corrected chi connectivity index (χ0v) is 9.07. The first-order valence-corrected chi connectivity index (χ1v) is 5.11. The molecule has 2 aromatic rings. The second-order valence-corrected chi connectivity index (χ2v) is 3.81. The molecule has 1 aliphatic heterocycles. The fraction of sp³-hybridized carbons (Fsp3) is 0.167. The van der Waals surface area contributed by atoms with Crippen LogP contribution in [0.15, 0.2) is 18.2 Å². The van der Waals surface area contributed by atoms with Crippen molar-refractivity contribution in [1.29, 1.82) is 0 Å². The van der Waals surface area contributed by atoms with E-state index < -0.39 is 5.97 Å². The molecule has 1 N–H and O–H groups in total. The molecule has 0 spiro atoms. The van der Waals surface area contributed by atoms with Crippen LogP contribution < -0.4 is 0 Å². The Morgan fingerprint density at radius 2 is 2.29 bits per heavy atom. The van der Waals surface area contributed by atoms with Gasteiger partial charge in [0, 0.05) is 10.9 Å². The van der Waals surface area contributed by atoms with Crippen molar-refractivity contribution in [3.05, 3.63) is 35.0 Å². The summed E-state index contributed by atoms with van der Waals surface area (Å²) in [7, 11) is 1.32. The summed E-state index contributed by atoms with van der Waals surface area (Å²) in [5, 5.41) is 0.699. The van der Waals surface area contributed by atoms with Crippen LogP contribution in [0.3, 0.4) is 0 Å². The Labute approximate surface area is 96.3 Å². The maximum Gasteiger partial charge on any atom is 0.341 e. The van der Waals surface area contributed by atoms with Crippen molar-refractivity contribution < 1.29 is 19.1 Å². The highest BCUT2D eigenvalue weighted by Crippen LogP contribution is 2.29. The second kappa shape index (κ2) is 3.35. The molecule has 0 radical (unpaired) electrons. The van der Waals surface area contributed by atoms with Gasteiger partial charge in [0.05, 0.1) is 23.9 Å². The quantitative estimate of drug-likeness (QED) is 0.757. The molecule has 0 bridgehead atoms. The van der Waals surface area contributed by atoms with Gasteiger partial charge >= 0.3 is 11.9 Å². The third kappa shape index (κ3) is 1.32. The van der Waals surface area contributed by atoms with Gasteiger partial charge in [-0.25, -0.2) is 9.59 Å². The third-order valence-corrected chi connectivity index (χ3v) is 2.85. The van der Waals surface area contributed by atoms with Gasteiger partial charge in [-0.15, -0.1) is 0 Å². The van der Waals surface area contributed by atoms with E-state index in [-0.39, 0.29) is 12.6 Å². The molecule has 0 fully saturated rings. The number of rotatable bonds is 1. The van der Waals surface area contributed by atoms with E-state index >= 15 is 0 Å². The molecule has 17 heavy (non-hydrogen) atoms. The van der Waals surface area contributed by atoms with Gasteiger partial charge in [0.25, 0.3) is 0 Å². The van der Waals surface area contributed by atoms with Crippen LogP contribution in [0.25, 0.3) is 10.9 Å². The molecule has 86 valence electrons. The molecular weight excluding hydrogens is 222 g/mol. The summed E-state index contributed by atoms with van der Waals surface area (Å²) in [4.78, 5) is 26.0. The van der Waals surface area contributed by atoms with Crippen molar-refractivity contribution >= 4 is 22.8 Å². The van der Waals surface area contributed by atoms with Gasteiger partial charge < -0.3 is 14.5 Å². The van der Waals surface area contributed by atoms with Crippen molar-refractivity contribution in [1.82, 2.24) is 4.98 Å². The van der Waals surface area contributed by atoms with Crippen LogP contribution in [0.1, 0.15) is 26.4 Å². The van der Waals surface area contributed by atoms with Crippen LogP contribution in [0.5, 0.6) is 0 Å². The number of nitrogens with one attached hydrogen (secondary N) is 1. The van der Waals surface area contributed by atoms with Crippen molar-refractivity contribution in [2.45, 2.75) is 6.61 Å². The highest BCUT2D eigenvalue weighted by atomic mass is 16.5. The molecule has 0 atom stereocenters. The standard InChI is InChI=1S/C12H9NO4/c1-16-11(14)6-2-3-8-7(4-6)10-9(13-8)5-17-12(10)15/h2-4,13H,5H2,1H3. The molecule has 1 aromatic heterocycles. The van der Waals surface area contributed by atoms with Gasteiger partial charge in [-0.2, -0.15) is 0 Å². The predicted octanol–water partition coefficient (Wildman–Crippen LogP) is 1.62. The van der Waals surface area contributed by atoms with Crippen LogP contribution in [-0.2, 0) is 16.1 Å². The van der Waals surface area contributed by atoms with Crippen molar-refractivity contribution in [2.24, 2.45) is 0 Å². The lowest BCUT2D eigenvalue weighted by molar-refractivity contribution is 0.0532. The summed E-state index contributed by atoms with van der Waals surface area (Å²) >= 11 is 0. The first-order valence-electron chi connectivity index (χ1n) is 5.11. The Morgan fingerprint density at radius 1 is 1.47 bits per heavy atom. The van der Waals surface area contributed by atoms with E-state index in [2.05, 4.69) is 9.72 Å². The molecule has 3 rings (SSSR count). The number of esters is 2. The van der Waals surface area contributed by atoms with E-state index in [1.54, 1.807) is 18.2 Å². The molecular formula is C12H9NO4. The number of cyclic esters (lactones) is 1. The average molecular weight is 231 g/mol. The minimum atomic E-state index is -0.423. The molecule has 0 aliphatic carbocycles. The number of aromatic nitrogens is 1. The van der Waals surface area contributed by atoms with Crippen LogP contribution in [0.2, 0.25) is 0 Å². The molecule has 0 unspecified atom stereocenters. The van der Waals surface area contributed by atoms with Gasteiger partial charge in [0.2, 0.25) is 0 Å². The maximum atomic E-state index is 11.5. The molecule has 5 nitrogen and oxygen atoms in total. The van der Waals surface area contributed by atoms with Gasteiger partial charge in [-0.3, -0.25) is 0 Å². The average Bonchev–Trinajstić information content (AvgIpc) is 2.88. The number of ether oxygens (including phenoxy) is 2. The number of benzene rings is 1. The summed E-state index contributed by atoms with van der Waals surface area (Å²) in [6.45, 7) is 0.260. The molecule has 0 saturated heterocycles. The lowest BCUT2D eigenvalue weighted by Gasteiger charge is -2.00. The van der Waals surface area contributed by atoms with E-state index in [4.69, 9.17) is 4.74 Å². The van der Waals surface area contributed by atoms with Crippen LogP contribution >= 0.6 is 0 Å². The molecule has 1 aromatic carbocycles. The Kier molecular flexibility index (Phi) is 1.95. The summed E-state index contributed by atoms with van der Waals surface area (Å²) in [6.07, 6.45) is 0. The van der Waals surface area contributed by atoms with Crippen LogP contribution in [-0.4, -0.2) is 24.0 Å². The zero-order valence-electron chi connectivity index (χ0n) is 9.07. The third-order valence-electron chi connectivity index (χ3n) is 2.85. The van der Waals surface area contributed by atoms with E-state index in [0.29, 0.717) is 16.5 Å². The van der Waals surface area contributed by atoms with Crippen molar-refractivity contribution in [3.8, 4) is 0 Å². The number of carbonyl (C=O) groups excluding carboxylic acids is 2. The Bertz CT molecular complexity index is 641. The largest absolute Gasteiger partial charge is 0.465 e. The summed E-state index contributed by atoms with van der Waals surface area (Å²) in [5.74, 6) is -0.776. The number of hydrogen-bond donors (Lipinski definition) is 1. The Balaban J connectivity index is 2.25. The summed E-state index contributed by atoms with van der Waals surface area (Å²) in [6, 6.07) is 5.06. The minimum Gasteiger partial charge on any atom is -0.465 e. The normalized spacial score (nSPS) is 13.6. The van der Waals surface area contributed by atoms with E-state index in [9.17, 15) is 9.59 Å². The Morgan fingerprint density at radius 3 is 3.06 bits per heavy atom. The molecule has 2 heterocycles. The number of hydrogen-bond acceptors (Lipinski definition) is 4. The number of carbonyl (C=O) groups is 2. The molecule has 0 saturated carbocycles. The number of aromatic amines is 1. The number of fused-ring (bicyclic) bond motifs is 3. The lowest BCUT2D eigenvalue weighted by Crippen LogP contribution is -2.01. The minimum absolute atomic E-state index is 0.260. The SMILES string of the molecule is COC(=O)c1ccc2[nH]c3c(c2c1)C(=O)OC3. The van der Waals surface area contributed by atoms with Crippen LogP contribution in [0, 0.1) is 0 Å².